The van der Waals surface area contributed by atoms with E-state index in [2.05, 4.69) is 31.4 Å². The summed E-state index contributed by atoms with van der Waals surface area (Å²) in [5.74, 6) is -0.312. The van der Waals surface area contributed by atoms with Crippen LogP contribution in [-0.2, 0) is 11.2 Å². The lowest BCUT2D eigenvalue weighted by atomic mass is 10.2. The van der Waals surface area contributed by atoms with E-state index in [1.165, 1.54) is 37.6 Å². The minimum atomic E-state index is -0.626. The Morgan fingerprint density at radius 2 is 1.97 bits per heavy atom. The molecule has 0 aliphatic rings. The fourth-order valence-electron chi connectivity index (χ4n) is 2.46. The number of non-ortho nitro benzene ring substituents is 1. The Hall–Kier alpha value is -4.59. The molecule has 3 amide bonds. The number of benzene rings is 2. The van der Waals surface area contributed by atoms with Crippen molar-refractivity contribution in [1.82, 2.24) is 15.6 Å². The number of nitro benzene ring substituents is 1. The van der Waals surface area contributed by atoms with Crippen molar-refractivity contribution in [3.8, 4) is 11.5 Å². The number of nitrogens with one attached hydrogen (secondary N) is 3. The number of hydrogen-bond acceptors (Lipinski definition) is 10. The number of carbonyl (C=O) groups excluding carboxylic acids is 2. The van der Waals surface area contributed by atoms with Crippen molar-refractivity contribution in [1.29, 1.82) is 0 Å². The molecule has 4 N–H and O–H groups in total. The highest BCUT2D eigenvalue weighted by Crippen LogP contribution is 2.27. The second-order valence-corrected chi connectivity index (χ2v) is 7.31. The number of aromatic nitrogens is 2. The molecule has 0 saturated carbocycles. The maximum atomic E-state index is 12.0. The van der Waals surface area contributed by atoms with E-state index in [1.807, 2.05) is 0 Å². The third kappa shape index (κ3) is 6.44. The maximum Gasteiger partial charge on any atom is 0.325 e. The summed E-state index contributed by atoms with van der Waals surface area (Å²) in [4.78, 5) is 34.2. The predicted molar refractivity (Wildman–Crippen MR) is 120 cm³/mol. The molecule has 1 heterocycles. The smallest absolute Gasteiger partial charge is 0.325 e. The number of ether oxygens (including phenoxy) is 1. The fraction of sp³-hybridized carbons (Fsp3) is 0.105. The third-order valence-electron chi connectivity index (χ3n) is 3.98. The first-order valence-corrected chi connectivity index (χ1v) is 10.00. The Bertz CT molecular complexity index is 1200. The number of phenolic OH excluding ortho intramolecular Hbond substituents is 1. The molecular weight excluding hydrogens is 454 g/mol. The van der Waals surface area contributed by atoms with Gasteiger partial charge in [0.15, 0.2) is 11.5 Å². The number of nitro groups is 1. The number of nitrogens with zero attached hydrogens (tertiary/aromatic N) is 4. The van der Waals surface area contributed by atoms with E-state index in [4.69, 9.17) is 4.74 Å². The molecule has 3 aromatic rings. The number of para-hydroxylation sites is 1. The van der Waals surface area contributed by atoms with E-state index in [0.717, 1.165) is 11.3 Å². The zero-order valence-electron chi connectivity index (χ0n) is 17.0. The summed E-state index contributed by atoms with van der Waals surface area (Å²) in [6.45, 7) is 0. The van der Waals surface area contributed by atoms with E-state index < -0.39 is 16.9 Å². The zero-order valence-corrected chi connectivity index (χ0v) is 17.8. The van der Waals surface area contributed by atoms with Gasteiger partial charge in [0.2, 0.25) is 11.0 Å². The van der Waals surface area contributed by atoms with Gasteiger partial charge < -0.3 is 15.2 Å². The van der Waals surface area contributed by atoms with Crippen molar-refractivity contribution >= 4 is 46.0 Å². The number of anilines is 2. The van der Waals surface area contributed by atoms with Crippen LogP contribution < -0.4 is 20.8 Å². The van der Waals surface area contributed by atoms with Gasteiger partial charge in [0.1, 0.15) is 5.01 Å². The molecule has 14 heteroatoms. The number of carbonyl (C=O) groups is 2. The van der Waals surface area contributed by atoms with Gasteiger partial charge in [-0.3, -0.25) is 20.2 Å². The molecule has 0 radical (unpaired) electrons. The first-order valence-electron chi connectivity index (χ1n) is 9.18. The van der Waals surface area contributed by atoms with Crippen LogP contribution in [0.2, 0.25) is 0 Å². The summed E-state index contributed by atoms with van der Waals surface area (Å²) < 4.78 is 5.00. The minimum Gasteiger partial charge on any atom is -0.504 e. The molecule has 33 heavy (non-hydrogen) atoms. The molecule has 0 aliphatic carbocycles. The van der Waals surface area contributed by atoms with E-state index in [0.29, 0.717) is 16.3 Å². The summed E-state index contributed by atoms with van der Waals surface area (Å²) in [5.41, 5.74) is 2.92. The summed E-state index contributed by atoms with van der Waals surface area (Å²) >= 11 is 0.991. The molecule has 1 aromatic heterocycles. The number of phenols is 1. The lowest BCUT2D eigenvalue weighted by molar-refractivity contribution is -0.384. The van der Waals surface area contributed by atoms with Gasteiger partial charge in [0.05, 0.1) is 24.7 Å². The molecule has 0 fully saturated rings. The Balaban J connectivity index is 1.49. The number of aromatic hydroxyl groups is 1. The van der Waals surface area contributed by atoms with Gasteiger partial charge in [0.25, 0.3) is 5.69 Å². The van der Waals surface area contributed by atoms with Crippen LogP contribution in [0.3, 0.4) is 0 Å². The Kier molecular flexibility index (Phi) is 7.43. The van der Waals surface area contributed by atoms with Crippen LogP contribution in [0.4, 0.5) is 21.3 Å². The highest BCUT2D eigenvalue weighted by atomic mass is 32.1. The highest BCUT2D eigenvalue weighted by Gasteiger charge is 2.12. The topological polar surface area (TPSA) is 181 Å². The van der Waals surface area contributed by atoms with Gasteiger partial charge in [-0.1, -0.05) is 17.4 Å². The van der Waals surface area contributed by atoms with Crippen molar-refractivity contribution in [2.75, 3.05) is 17.7 Å². The van der Waals surface area contributed by atoms with Gasteiger partial charge in [-0.2, -0.15) is 5.10 Å². The molecule has 0 atom stereocenters. The molecule has 2 aromatic carbocycles. The number of amides is 3. The second-order valence-electron chi connectivity index (χ2n) is 6.25. The standard InChI is InChI=1S/C19H17N7O6S/c1-32-14-4-2-3-11(17(14)28)10-20-23-15(27)9-16-24-25-19(33-16)22-18(29)21-12-5-7-13(8-6-12)26(30)31/h2-8,10,28H,9H2,1H3,(H,23,27)(H2,21,22,25,29)/b20-10-. The maximum absolute atomic E-state index is 12.0. The van der Waals surface area contributed by atoms with Gasteiger partial charge in [-0.15, -0.1) is 10.2 Å². The molecule has 170 valence electrons. The molecule has 0 saturated heterocycles. The number of hydrogen-bond donors (Lipinski definition) is 4. The minimum absolute atomic E-state index is 0.0994. The molecule has 0 bridgehead atoms. The molecule has 0 aliphatic heterocycles. The molecule has 13 nitrogen and oxygen atoms in total. The summed E-state index contributed by atoms with van der Waals surface area (Å²) in [6.07, 6.45) is 1.14. The highest BCUT2D eigenvalue weighted by molar-refractivity contribution is 7.15. The first-order chi connectivity index (χ1) is 15.9. The van der Waals surface area contributed by atoms with Crippen LogP contribution >= 0.6 is 11.3 Å². The largest absolute Gasteiger partial charge is 0.504 e. The van der Waals surface area contributed by atoms with Gasteiger partial charge in [-0.25, -0.2) is 10.2 Å². The zero-order chi connectivity index (χ0) is 23.8. The van der Waals surface area contributed by atoms with Crippen molar-refractivity contribution in [3.05, 3.63) is 63.1 Å². The lowest BCUT2D eigenvalue weighted by Gasteiger charge is -2.04. The average Bonchev–Trinajstić information content (AvgIpc) is 3.21. The number of urea groups is 1. The van der Waals surface area contributed by atoms with Crippen LogP contribution in [0.15, 0.2) is 47.6 Å². The van der Waals surface area contributed by atoms with Gasteiger partial charge in [0, 0.05) is 23.4 Å². The van der Waals surface area contributed by atoms with Gasteiger partial charge in [-0.05, 0) is 24.3 Å². The van der Waals surface area contributed by atoms with Crippen LogP contribution in [0.1, 0.15) is 10.6 Å². The van der Waals surface area contributed by atoms with E-state index >= 15 is 0 Å². The number of hydrazone groups is 1. The average molecular weight is 471 g/mol. The van der Waals surface area contributed by atoms with Crippen LogP contribution in [0.5, 0.6) is 11.5 Å². The molecule has 3 rings (SSSR count). The SMILES string of the molecule is COc1cccc(/C=N\NC(=O)Cc2nnc(NC(=O)Nc3ccc([N+](=O)[O-])cc3)s2)c1O. The second kappa shape index (κ2) is 10.6. The molecular formula is C19H17N7O6S. The number of methoxy groups -OCH3 is 1. The quantitative estimate of drug-likeness (QED) is 0.219. The van der Waals surface area contributed by atoms with Crippen LogP contribution in [-0.4, -0.2) is 45.5 Å². The van der Waals surface area contributed by atoms with E-state index in [9.17, 15) is 24.8 Å². The van der Waals surface area contributed by atoms with Crippen LogP contribution in [0.25, 0.3) is 0 Å². The lowest BCUT2D eigenvalue weighted by Crippen LogP contribution is -2.19. The van der Waals surface area contributed by atoms with E-state index in [1.54, 1.807) is 18.2 Å². The monoisotopic (exact) mass is 471 g/mol. The van der Waals surface area contributed by atoms with Crippen molar-refractivity contribution in [2.24, 2.45) is 5.10 Å². The molecule has 0 spiro atoms. The summed E-state index contributed by atoms with van der Waals surface area (Å²) in [5, 5.41) is 37.5. The van der Waals surface area contributed by atoms with Crippen molar-refractivity contribution < 1.29 is 24.4 Å². The summed E-state index contributed by atoms with van der Waals surface area (Å²) in [6, 6.07) is 9.51. The van der Waals surface area contributed by atoms with Crippen molar-refractivity contribution in [2.45, 2.75) is 6.42 Å². The molecule has 0 unspecified atom stereocenters. The Morgan fingerprint density at radius 3 is 2.67 bits per heavy atom. The number of rotatable bonds is 8. The first kappa shape index (κ1) is 23.1. The third-order valence-corrected chi connectivity index (χ3v) is 4.82. The normalized spacial score (nSPS) is 10.6. The summed E-state index contributed by atoms with van der Waals surface area (Å²) in [7, 11) is 1.42. The van der Waals surface area contributed by atoms with Crippen molar-refractivity contribution in [3.63, 3.8) is 0 Å². The Labute approximate surface area is 190 Å². The fourth-order valence-corrected chi connectivity index (χ4v) is 3.19. The Morgan fingerprint density at radius 1 is 1.21 bits per heavy atom. The van der Waals surface area contributed by atoms with E-state index in [-0.39, 0.29) is 28.7 Å². The van der Waals surface area contributed by atoms with Gasteiger partial charge >= 0.3 is 6.03 Å². The predicted octanol–water partition coefficient (Wildman–Crippen LogP) is 2.50. The van der Waals surface area contributed by atoms with Crippen LogP contribution in [0, 0.1) is 10.1 Å².